The molecule has 6 atom stereocenters. The average molecular weight is 530 g/mol. The number of hydrogen-bond donors (Lipinski definition) is 1. The van der Waals surface area contributed by atoms with E-state index < -0.39 is 35.6 Å². The summed E-state index contributed by atoms with van der Waals surface area (Å²) in [5, 5.41) is 12.5. The van der Waals surface area contributed by atoms with Gasteiger partial charge in [0.1, 0.15) is 11.6 Å². The van der Waals surface area contributed by atoms with Crippen molar-refractivity contribution in [1.29, 1.82) is 0 Å². The molecule has 1 N–H and O–H groups in total. The van der Waals surface area contributed by atoms with Gasteiger partial charge >= 0.3 is 0 Å². The zero-order valence-electron chi connectivity index (χ0n) is 22.6. The number of likely N-dealkylation sites (N-methyl/N-ethyl adjacent to an activating group) is 1. The van der Waals surface area contributed by atoms with Crippen molar-refractivity contribution in [3.8, 4) is 0 Å². The largest absolute Gasteiger partial charge is 0.394 e. The first-order valence-corrected chi connectivity index (χ1v) is 13.8. The molecule has 3 amide bonds. The van der Waals surface area contributed by atoms with Gasteiger partial charge in [-0.2, -0.15) is 0 Å². The Morgan fingerprint density at radius 2 is 1.77 bits per heavy atom. The number of carbonyl (C=O) groups is 3. The highest BCUT2D eigenvalue weighted by Gasteiger charge is 2.72. The third-order valence-corrected chi connectivity index (χ3v) is 8.69. The molecule has 2 fully saturated rings. The Morgan fingerprint density at radius 3 is 2.51 bits per heavy atom. The molecular weight excluding hydrogens is 494 g/mol. The van der Waals surface area contributed by atoms with Gasteiger partial charge in [0.2, 0.25) is 11.8 Å². The smallest absolute Gasteiger partial charge is 0.253 e. The SMILES string of the molecule is CC(C)C[C@H](CO)N1C(=O)[C@@H]2[C@@H]3C(=O)N(C)CC=C[C@@H]3O[C@@]23C=CCN(c2ccc4ccccc4c2)C(=O)C13. The molecule has 8 nitrogen and oxygen atoms in total. The van der Waals surface area contributed by atoms with Crippen LogP contribution < -0.4 is 4.90 Å². The summed E-state index contributed by atoms with van der Waals surface area (Å²) < 4.78 is 6.67. The van der Waals surface area contributed by atoms with Crippen molar-refractivity contribution in [2.24, 2.45) is 17.8 Å². The zero-order valence-corrected chi connectivity index (χ0v) is 22.6. The van der Waals surface area contributed by atoms with Crippen LogP contribution in [0.5, 0.6) is 0 Å². The normalized spacial score (nSPS) is 31.0. The average Bonchev–Trinajstić information content (AvgIpc) is 3.25. The molecule has 0 saturated carbocycles. The second-order valence-electron chi connectivity index (χ2n) is 11.6. The van der Waals surface area contributed by atoms with Crippen molar-refractivity contribution < 1.29 is 24.2 Å². The first kappa shape index (κ1) is 25.8. The van der Waals surface area contributed by atoms with E-state index in [1.165, 1.54) is 0 Å². The maximum atomic E-state index is 14.6. The molecule has 2 saturated heterocycles. The number of aliphatic hydroxyl groups excluding tert-OH is 1. The molecule has 0 aliphatic carbocycles. The Morgan fingerprint density at radius 1 is 1.00 bits per heavy atom. The standard InChI is InChI=1S/C31H35N3O5/c1-19(2)16-23(18-35)34-27-30(38)33(22-12-11-20-8-4-5-9-21(20)17-22)15-7-13-31(27)26(29(34)37)25-24(39-31)10-6-14-32(3)28(25)36/h4-13,17,19,23-27,35H,14-16,18H2,1-3H3/t23-,24+,25-,26+,27?,31+/m1/s1. The molecular formula is C31H35N3O5. The maximum absolute atomic E-state index is 14.6. The summed E-state index contributed by atoms with van der Waals surface area (Å²) in [6.07, 6.45) is 7.39. The van der Waals surface area contributed by atoms with E-state index in [0.717, 1.165) is 16.5 Å². The Hall–Kier alpha value is -3.49. The van der Waals surface area contributed by atoms with Gasteiger partial charge in [-0.25, -0.2) is 0 Å². The summed E-state index contributed by atoms with van der Waals surface area (Å²) in [7, 11) is 1.72. The number of amides is 3. The predicted molar refractivity (Wildman–Crippen MR) is 148 cm³/mol. The number of likely N-dealkylation sites (tertiary alicyclic amines) is 1. The lowest BCUT2D eigenvalue weighted by atomic mass is 9.77. The summed E-state index contributed by atoms with van der Waals surface area (Å²) in [6, 6.07) is 12.3. The number of carbonyl (C=O) groups excluding carboxylic acids is 3. The highest BCUT2D eigenvalue weighted by atomic mass is 16.5. The van der Waals surface area contributed by atoms with Gasteiger partial charge in [0.15, 0.2) is 0 Å². The number of nitrogens with zero attached hydrogens (tertiary/aromatic N) is 3. The van der Waals surface area contributed by atoms with Crippen LogP contribution in [-0.4, -0.2) is 83.2 Å². The van der Waals surface area contributed by atoms with Crippen LogP contribution in [0.1, 0.15) is 20.3 Å². The van der Waals surface area contributed by atoms with E-state index in [1.807, 2.05) is 80.6 Å². The summed E-state index contributed by atoms with van der Waals surface area (Å²) in [4.78, 5) is 47.4. The summed E-state index contributed by atoms with van der Waals surface area (Å²) in [6.45, 7) is 4.51. The predicted octanol–water partition coefficient (Wildman–Crippen LogP) is 2.76. The quantitative estimate of drug-likeness (QED) is 0.602. The topological polar surface area (TPSA) is 90.4 Å². The van der Waals surface area contributed by atoms with Crippen molar-refractivity contribution in [1.82, 2.24) is 9.80 Å². The molecule has 39 heavy (non-hydrogen) atoms. The van der Waals surface area contributed by atoms with Crippen LogP contribution in [0.3, 0.4) is 0 Å². The van der Waals surface area contributed by atoms with Gasteiger partial charge in [0, 0.05) is 25.8 Å². The van der Waals surface area contributed by atoms with E-state index in [9.17, 15) is 19.5 Å². The second kappa shape index (κ2) is 9.61. The van der Waals surface area contributed by atoms with Crippen LogP contribution in [-0.2, 0) is 19.1 Å². The summed E-state index contributed by atoms with van der Waals surface area (Å²) in [5.41, 5.74) is -0.582. The van der Waals surface area contributed by atoms with Crippen molar-refractivity contribution in [3.63, 3.8) is 0 Å². The van der Waals surface area contributed by atoms with Crippen LogP contribution in [0.2, 0.25) is 0 Å². The van der Waals surface area contributed by atoms with Crippen molar-refractivity contribution in [2.45, 2.75) is 44.1 Å². The number of aliphatic hydroxyl groups is 1. The van der Waals surface area contributed by atoms with Gasteiger partial charge in [-0.15, -0.1) is 0 Å². The molecule has 2 aromatic carbocycles. The molecule has 4 aliphatic heterocycles. The van der Waals surface area contributed by atoms with Crippen LogP contribution in [0.25, 0.3) is 10.8 Å². The molecule has 8 heteroatoms. The van der Waals surface area contributed by atoms with Gasteiger partial charge in [0.25, 0.3) is 5.91 Å². The van der Waals surface area contributed by atoms with Gasteiger partial charge in [-0.3, -0.25) is 14.4 Å². The van der Waals surface area contributed by atoms with Crippen molar-refractivity contribution in [3.05, 3.63) is 66.8 Å². The number of rotatable bonds is 5. The molecule has 4 aliphatic rings. The molecule has 0 aromatic heterocycles. The van der Waals surface area contributed by atoms with Crippen molar-refractivity contribution in [2.75, 3.05) is 31.6 Å². The Balaban J connectivity index is 1.48. The third-order valence-electron chi connectivity index (χ3n) is 8.69. The molecule has 1 spiro atoms. The number of hydrogen-bond acceptors (Lipinski definition) is 5. The fourth-order valence-corrected chi connectivity index (χ4v) is 6.99. The molecule has 204 valence electrons. The Kier molecular flexibility index (Phi) is 6.35. The second-order valence-corrected chi connectivity index (χ2v) is 11.6. The van der Waals surface area contributed by atoms with E-state index >= 15 is 0 Å². The van der Waals surface area contributed by atoms with Crippen LogP contribution in [0.15, 0.2) is 66.8 Å². The number of ether oxygens (including phenoxy) is 1. The lowest BCUT2D eigenvalue weighted by Crippen LogP contribution is -2.58. The van der Waals surface area contributed by atoms with Crippen LogP contribution in [0, 0.1) is 17.8 Å². The van der Waals surface area contributed by atoms with E-state index in [2.05, 4.69) is 0 Å². The van der Waals surface area contributed by atoms with Crippen LogP contribution >= 0.6 is 0 Å². The molecule has 0 bridgehead atoms. The molecule has 2 aromatic rings. The first-order valence-electron chi connectivity index (χ1n) is 13.8. The number of benzene rings is 2. The fourth-order valence-electron chi connectivity index (χ4n) is 6.99. The van der Waals surface area contributed by atoms with Crippen molar-refractivity contribution >= 4 is 34.2 Å². The first-order chi connectivity index (χ1) is 18.8. The molecule has 4 heterocycles. The summed E-state index contributed by atoms with van der Waals surface area (Å²) in [5.74, 6) is -2.15. The zero-order chi connectivity index (χ0) is 27.5. The lowest BCUT2D eigenvalue weighted by molar-refractivity contribution is -0.146. The van der Waals surface area contributed by atoms with Gasteiger partial charge in [0.05, 0.1) is 30.6 Å². The highest BCUT2D eigenvalue weighted by Crippen LogP contribution is 2.54. The third kappa shape index (κ3) is 3.92. The Bertz CT molecular complexity index is 1390. The van der Waals surface area contributed by atoms with Gasteiger partial charge < -0.3 is 24.5 Å². The van der Waals surface area contributed by atoms with E-state index in [1.54, 1.807) is 21.7 Å². The molecule has 0 radical (unpaired) electrons. The van der Waals surface area contributed by atoms with E-state index in [-0.39, 0.29) is 30.2 Å². The van der Waals surface area contributed by atoms with E-state index in [4.69, 9.17) is 4.74 Å². The minimum absolute atomic E-state index is 0.165. The monoisotopic (exact) mass is 529 g/mol. The maximum Gasteiger partial charge on any atom is 0.253 e. The lowest BCUT2D eigenvalue weighted by Gasteiger charge is -2.39. The summed E-state index contributed by atoms with van der Waals surface area (Å²) >= 11 is 0. The fraction of sp³-hybridized carbons (Fsp3) is 0.452. The molecule has 1 unspecified atom stereocenters. The van der Waals surface area contributed by atoms with Gasteiger partial charge in [-0.1, -0.05) is 68.5 Å². The number of anilines is 1. The highest BCUT2D eigenvalue weighted by molar-refractivity contribution is 6.06. The molecule has 6 rings (SSSR count). The van der Waals surface area contributed by atoms with Crippen LogP contribution in [0.4, 0.5) is 5.69 Å². The van der Waals surface area contributed by atoms with Gasteiger partial charge in [-0.05, 0) is 35.2 Å². The van der Waals surface area contributed by atoms with E-state index in [0.29, 0.717) is 19.5 Å². The number of fused-ring (bicyclic) bond motifs is 3. The minimum Gasteiger partial charge on any atom is -0.394 e. The minimum atomic E-state index is -1.31. The Labute approximate surface area is 228 Å².